The number of aliphatic hydroxyl groups is 1. The van der Waals surface area contributed by atoms with Crippen LogP contribution in [-0.2, 0) is 20.7 Å². The van der Waals surface area contributed by atoms with Crippen LogP contribution in [0.2, 0.25) is 0 Å². The molecule has 0 fully saturated rings. The number of ether oxygens (including phenoxy) is 2. The summed E-state index contributed by atoms with van der Waals surface area (Å²) in [6.45, 7) is 3.91. The highest BCUT2D eigenvalue weighted by Gasteiger charge is 2.24. The molecule has 0 saturated heterocycles. The second-order valence-electron chi connectivity index (χ2n) is 4.77. The van der Waals surface area contributed by atoms with Crippen LogP contribution in [0, 0.1) is 0 Å². The number of rotatable bonds is 5. The van der Waals surface area contributed by atoms with Gasteiger partial charge < -0.3 is 14.6 Å². The maximum atomic E-state index is 11.4. The molecule has 0 radical (unpaired) electrons. The van der Waals surface area contributed by atoms with E-state index in [0.717, 1.165) is 5.56 Å². The van der Waals surface area contributed by atoms with Crippen LogP contribution >= 0.6 is 0 Å². The molecule has 1 atom stereocenters. The molecule has 18 heavy (non-hydrogen) atoms. The molecule has 1 N–H and O–H groups in total. The summed E-state index contributed by atoms with van der Waals surface area (Å²) in [6.07, 6.45) is -0.646. The van der Waals surface area contributed by atoms with Crippen molar-refractivity contribution in [2.24, 2.45) is 0 Å². The van der Waals surface area contributed by atoms with Crippen molar-refractivity contribution in [2.75, 3.05) is 14.2 Å². The lowest BCUT2D eigenvalue weighted by Crippen LogP contribution is -2.27. The van der Waals surface area contributed by atoms with Gasteiger partial charge in [0.25, 0.3) is 0 Å². The van der Waals surface area contributed by atoms with Gasteiger partial charge in [-0.05, 0) is 25.0 Å². The van der Waals surface area contributed by atoms with Crippen molar-refractivity contribution in [3.63, 3.8) is 0 Å². The fourth-order valence-corrected chi connectivity index (χ4v) is 1.73. The minimum atomic E-state index is -1.25. The zero-order valence-electron chi connectivity index (χ0n) is 11.3. The maximum absolute atomic E-state index is 11.4. The van der Waals surface area contributed by atoms with Crippen molar-refractivity contribution >= 4 is 5.97 Å². The van der Waals surface area contributed by atoms with Gasteiger partial charge in [0.15, 0.2) is 6.10 Å². The number of esters is 1. The van der Waals surface area contributed by atoms with E-state index in [4.69, 9.17) is 4.74 Å². The lowest BCUT2D eigenvalue weighted by atomic mass is 9.92. The van der Waals surface area contributed by atoms with Crippen molar-refractivity contribution in [3.05, 3.63) is 35.4 Å². The van der Waals surface area contributed by atoms with E-state index < -0.39 is 12.1 Å². The first-order valence-corrected chi connectivity index (χ1v) is 5.80. The van der Waals surface area contributed by atoms with Gasteiger partial charge in [0.05, 0.1) is 12.7 Å². The lowest BCUT2D eigenvalue weighted by Gasteiger charge is -2.25. The van der Waals surface area contributed by atoms with Crippen LogP contribution in [-0.4, -0.2) is 30.9 Å². The molecule has 4 nitrogen and oxygen atoms in total. The Morgan fingerprint density at radius 3 is 2.50 bits per heavy atom. The molecule has 0 amide bonds. The first-order valence-electron chi connectivity index (χ1n) is 5.80. The molecule has 0 saturated carbocycles. The van der Waals surface area contributed by atoms with Gasteiger partial charge in [0, 0.05) is 13.5 Å². The van der Waals surface area contributed by atoms with Gasteiger partial charge in [-0.25, -0.2) is 4.79 Å². The Morgan fingerprint density at radius 2 is 1.94 bits per heavy atom. The third-order valence-corrected chi connectivity index (χ3v) is 2.94. The minimum Gasteiger partial charge on any atom is -0.467 e. The highest BCUT2D eigenvalue weighted by atomic mass is 16.5. The lowest BCUT2D eigenvalue weighted by molar-refractivity contribution is -0.150. The summed E-state index contributed by atoms with van der Waals surface area (Å²) in [6, 6.07) is 7.25. The zero-order chi connectivity index (χ0) is 13.8. The van der Waals surface area contributed by atoms with E-state index in [9.17, 15) is 9.90 Å². The number of hydrogen-bond donors (Lipinski definition) is 1. The molecule has 100 valence electrons. The quantitative estimate of drug-likeness (QED) is 0.813. The fraction of sp³-hybridized carbons (Fsp3) is 0.500. The molecular weight excluding hydrogens is 232 g/mol. The largest absolute Gasteiger partial charge is 0.467 e. The molecule has 0 spiro atoms. The average molecular weight is 252 g/mol. The standard InChI is InChI=1S/C14H20O4/c1-14(2,18-4)9-10-7-5-6-8-11(10)12(15)13(16)17-3/h5-8,12,15H,9H2,1-4H3. The van der Waals surface area contributed by atoms with E-state index in [-0.39, 0.29) is 5.60 Å². The summed E-state index contributed by atoms with van der Waals surface area (Å²) in [7, 11) is 2.90. The molecule has 4 heteroatoms. The van der Waals surface area contributed by atoms with Gasteiger partial charge in [-0.2, -0.15) is 0 Å². The Bertz CT molecular complexity index is 412. The van der Waals surface area contributed by atoms with Crippen LogP contribution in [0.3, 0.4) is 0 Å². The van der Waals surface area contributed by atoms with Gasteiger partial charge in [-0.1, -0.05) is 24.3 Å². The highest BCUT2D eigenvalue weighted by Crippen LogP contribution is 2.24. The molecule has 1 rings (SSSR count). The number of benzene rings is 1. The van der Waals surface area contributed by atoms with Gasteiger partial charge >= 0.3 is 5.97 Å². The Morgan fingerprint density at radius 1 is 1.33 bits per heavy atom. The molecule has 1 aromatic rings. The van der Waals surface area contributed by atoms with Crippen molar-refractivity contribution < 1.29 is 19.4 Å². The minimum absolute atomic E-state index is 0.355. The van der Waals surface area contributed by atoms with E-state index >= 15 is 0 Å². The van der Waals surface area contributed by atoms with Crippen molar-refractivity contribution in [1.82, 2.24) is 0 Å². The Hall–Kier alpha value is -1.39. The van der Waals surface area contributed by atoms with Crippen LogP contribution in [0.1, 0.15) is 31.1 Å². The number of methoxy groups -OCH3 is 2. The first-order chi connectivity index (χ1) is 8.41. The van der Waals surface area contributed by atoms with Crippen LogP contribution in [0.15, 0.2) is 24.3 Å². The highest BCUT2D eigenvalue weighted by molar-refractivity contribution is 5.76. The number of carbonyl (C=O) groups excluding carboxylic acids is 1. The van der Waals surface area contributed by atoms with E-state index in [1.165, 1.54) is 7.11 Å². The number of hydrogen-bond acceptors (Lipinski definition) is 4. The average Bonchev–Trinajstić information content (AvgIpc) is 2.37. The third-order valence-electron chi connectivity index (χ3n) is 2.94. The molecule has 0 aliphatic rings. The predicted molar refractivity (Wildman–Crippen MR) is 68.2 cm³/mol. The molecule has 0 heterocycles. The number of carbonyl (C=O) groups is 1. The molecule has 0 aliphatic heterocycles. The zero-order valence-corrected chi connectivity index (χ0v) is 11.3. The summed E-state index contributed by atoms with van der Waals surface area (Å²) in [5, 5.41) is 9.92. The summed E-state index contributed by atoms with van der Waals surface area (Å²) in [4.78, 5) is 11.4. The van der Waals surface area contributed by atoms with E-state index in [1.54, 1.807) is 19.2 Å². The number of aliphatic hydroxyl groups excluding tert-OH is 1. The van der Waals surface area contributed by atoms with Crippen molar-refractivity contribution in [1.29, 1.82) is 0 Å². The summed E-state index contributed by atoms with van der Waals surface area (Å²) >= 11 is 0. The van der Waals surface area contributed by atoms with Gasteiger partial charge in [-0.3, -0.25) is 0 Å². The molecular formula is C14H20O4. The Balaban J connectivity index is 3.03. The molecule has 1 unspecified atom stereocenters. The van der Waals surface area contributed by atoms with Crippen LogP contribution in [0.25, 0.3) is 0 Å². The summed E-state index contributed by atoms with van der Waals surface area (Å²) in [5.74, 6) is -0.655. The predicted octanol–water partition coefficient (Wildman–Crippen LogP) is 1.86. The maximum Gasteiger partial charge on any atom is 0.339 e. The van der Waals surface area contributed by atoms with Crippen LogP contribution in [0.5, 0.6) is 0 Å². The normalized spacial score (nSPS) is 13.2. The monoisotopic (exact) mass is 252 g/mol. The van der Waals surface area contributed by atoms with E-state index in [1.807, 2.05) is 26.0 Å². The van der Waals surface area contributed by atoms with Gasteiger partial charge in [0.1, 0.15) is 0 Å². The van der Waals surface area contributed by atoms with Crippen molar-refractivity contribution in [2.45, 2.75) is 32.0 Å². The summed E-state index contributed by atoms with van der Waals surface area (Å²) < 4.78 is 9.92. The van der Waals surface area contributed by atoms with E-state index in [2.05, 4.69) is 4.74 Å². The Labute approximate surface area is 108 Å². The fourth-order valence-electron chi connectivity index (χ4n) is 1.73. The third kappa shape index (κ3) is 3.55. The summed E-state index contributed by atoms with van der Waals surface area (Å²) in [5.41, 5.74) is 1.09. The molecule has 0 bridgehead atoms. The second kappa shape index (κ2) is 5.98. The molecule has 0 aliphatic carbocycles. The van der Waals surface area contributed by atoms with Gasteiger partial charge in [-0.15, -0.1) is 0 Å². The second-order valence-corrected chi connectivity index (χ2v) is 4.77. The van der Waals surface area contributed by atoms with E-state index in [0.29, 0.717) is 12.0 Å². The Kier molecular flexibility index (Phi) is 4.87. The van der Waals surface area contributed by atoms with Crippen LogP contribution < -0.4 is 0 Å². The first kappa shape index (κ1) is 14.7. The smallest absolute Gasteiger partial charge is 0.339 e. The SMILES string of the molecule is COC(=O)C(O)c1ccccc1CC(C)(C)OC. The topological polar surface area (TPSA) is 55.8 Å². The van der Waals surface area contributed by atoms with Crippen molar-refractivity contribution in [3.8, 4) is 0 Å². The molecule has 0 aromatic heterocycles. The van der Waals surface area contributed by atoms with Crippen LogP contribution in [0.4, 0.5) is 0 Å². The molecule has 1 aromatic carbocycles. The van der Waals surface area contributed by atoms with Gasteiger partial charge in [0.2, 0.25) is 0 Å².